The highest BCUT2D eigenvalue weighted by molar-refractivity contribution is 4.71. The van der Waals surface area contributed by atoms with Crippen molar-refractivity contribution in [3.05, 3.63) is 0 Å². The smallest absolute Gasteiger partial charge is 0.00645 e. The fraction of sp³-hybridized carbons (Fsp3) is 1.00. The zero-order valence-electron chi connectivity index (χ0n) is 11.4. The van der Waals surface area contributed by atoms with Gasteiger partial charge in [0.1, 0.15) is 0 Å². The van der Waals surface area contributed by atoms with Gasteiger partial charge in [0, 0.05) is 6.04 Å². The topological polar surface area (TPSA) is 26.0 Å². The highest BCUT2D eigenvalue weighted by Gasteiger charge is 2.16. The molecule has 0 radical (unpaired) electrons. The van der Waals surface area contributed by atoms with Gasteiger partial charge < -0.3 is 5.73 Å². The summed E-state index contributed by atoms with van der Waals surface area (Å²) in [4.78, 5) is 0. The maximum Gasteiger partial charge on any atom is 0.00645 e. The summed E-state index contributed by atoms with van der Waals surface area (Å²) in [5.74, 6) is 2.37. The molecular weight excluding hydrogens is 182 g/mol. The van der Waals surface area contributed by atoms with Crippen molar-refractivity contribution >= 4 is 0 Å². The second-order valence-corrected chi connectivity index (χ2v) is 5.42. The minimum absolute atomic E-state index is 0.410. The maximum absolute atomic E-state index is 6.17. The second kappa shape index (κ2) is 8.15. The fourth-order valence-corrected chi connectivity index (χ4v) is 2.18. The van der Waals surface area contributed by atoms with Gasteiger partial charge in [-0.25, -0.2) is 0 Å². The van der Waals surface area contributed by atoms with Gasteiger partial charge in [0.05, 0.1) is 0 Å². The molecule has 0 saturated carbocycles. The molecule has 0 aliphatic carbocycles. The van der Waals surface area contributed by atoms with Gasteiger partial charge in [0.2, 0.25) is 0 Å². The summed E-state index contributed by atoms with van der Waals surface area (Å²) >= 11 is 0. The molecule has 0 bridgehead atoms. The van der Waals surface area contributed by atoms with Crippen LogP contribution in [0.5, 0.6) is 0 Å². The van der Waals surface area contributed by atoms with Crippen molar-refractivity contribution in [1.29, 1.82) is 0 Å². The monoisotopic (exact) mass is 213 g/mol. The molecule has 2 N–H and O–H groups in total. The van der Waals surface area contributed by atoms with Crippen molar-refractivity contribution in [2.24, 2.45) is 23.5 Å². The lowest BCUT2D eigenvalue weighted by atomic mass is 9.84. The van der Waals surface area contributed by atoms with Crippen molar-refractivity contribution in [1.82, 2.24) is 0 Å². The van der Waals surface area contributed by atoms with Gasteiger partial charge in [-0.3, -0.25) is 0 Å². The second-order valence-electron chi connectivity index (χ2n) is 5.42. The minimum Gasteiger partial charge on any atom is -0.327 e. The van der Waals surface area contributed by atoms with Gasteiger partial charge >= 0.3 is 0 Å². The molecule has 1 heteroatoms. The van der Waals surface area contributed by atoms with Crippen molar-refractivity contribution in [2.45, 2.75) is 72.8 Å². The van der Waals surface area contributed by atoms with Crippen LogP contribution in [-0.4, -0.2) is 6.04 Å². The van der Waals surface area contributed by atoms with E-state index in [2.05, 4.69) is 34.6 Å². The van der Waals surface area contributed by atoms with Gasteiger partial charge in [0.15, 0.2) is 0 Å². The van der Waals surface area contributed by atoms with Crippen molar-refractivity contribution < 1.29 is 0 Å². The Morgan fingerprint density at radius 2 is 1.53 bits per heavy atom. The van der Waals surface area contributed by atoms with Crippen LogP contribution in [0.25, 0.3) is 0 Å². The quantitative estimate of drug-likeness (QED) is 0.642. The first-order valence-electron chi connectivity index (χ1n) is 6.78. The van der Waals surface area contributed by atoms with E-state index in [1.54, 1.807) is 0 Å². The van der Waals surface area contributed by atoms with Gasteiger partial charge in [-0.05, 0) is 30.6 Å². The molecule has 0 aromatic rings. The molecule has 0 aliphatic heterocycles. The zero-order chi connectivity index (χ0) is 11.8. The SMILES string of the molecule is CCCC(CCC(N)C(C)CC)C(C)C. The lowest BCUT2D eigenvalue weighted by molar-refractivity contribution is 0.297. The van der Waals surface area contributed by atoms with Gasteiger partial charge in [0.25, 0.3) is 0 Å². The Morgan fingerprint density at radius 1 is 0.933 bits per heavy atom. The predicted molar refractivity (Wildman–Crippen MR) is 69.9 cm³/mol. The molecule has 0 aromatic heterocycles. The van der Waals surface area contributed by atoms with Crippen LogP contribution in [-0.2, 0) is 0 Å². The predicted octanol–water partition coefficient (Wildman–Crippen LogP) is 4.21. The average Bonchev–Trinajstić information content (AvgIpc) is 2.21. The van der Waals surface area contributed by atoms with Crippen LogP contribution < -0.4 is 5.73 Å². The highest BCUT2D eigenvalue weighted by Crippen LogP contribution is 2.24. The Labute approximate surface area is 96.8 Å². The van der Waals surface area contributed by atoms with Crippen LogP contribution in [0.1, 0.15) is 66.7 Å². The average molecular weight is 213 g/mol. The molecule has 1 nitrogen and oxygen atoms in total. The van der Waals surface area contributed by atoms with Crippen LogP contribution in [0.4, 0.5) is 0 Å². The van der Waals surface area contributed by atoms with Crippen molar-refractivity contribution in [3.63, 3.8) is 0 Å². The molecule has 0 fully saturated rings. The van der Waals surface area contributed by atoms with Crippen molar-refractivity contribution in [3.8, 4) is 0 Å². The minimum atomic E-state index is 0.410. The Balaban J connectivity index is 3.87. The third-order valence-corrected chi connectivity index (χ3v) is 3.85. The zero-order valence-corrected chi connectivity index (χ0v) is 11.4. The molecule has 0 rings (SSSR count). The van der Waals surface area contributed by atoms with E-state index in [-0.39, 0.29) is 0 Å². The standard InChI is InChI=1S/C14H31N/c1-6-8-13(11(3)4)9-10-14(15)12(5)7-2/h11-14H,6-10,15H2,1-5H3. The van der Waals surface area contributed by atoms with Gasteiger partial charge in [-0.1, -0.05) is 53.9 Å². The van der Waals surface area contributed by atoms with E-state index in [9.17, 15) is 0 Å². The molecule has 0 aliphatic rings. The number of hydrogen-bond acceptors (Lipinski definition) is 1. The van der Waals surface area contributed by atoms with E-state index >= 15 is 0 Å². The van der Waals surface area contributed by atoms with E-state index in [4.69, 9.17) is 5.73 Å². The van der Waals surface area contributed by atoms with Gasteiger partial charge in [-0.2, -0.15) is 0 Å². The molecule has 0 saturated heterocycles. The van der Waals surface area contributed by atoms with Crippen LogP contribution in [0.2, 0.25) is 0 Å². The summed E-state index contributed by atoms with van der Waals surface area (Å²) < 4.78 is 0. The van der Waals surface area contributed by atoms with Crippen LogP contribution in [0.15, 0.2) is 0 Å². The molecule has 15 heavy (non-hydrogen) atoms. The molecule has 0 spiro atoms. The first kappa shape index (κ1) is 15.0. The molecule has 3 unspecified atom stereocenters. The summed E-state index contributed by atoms with van der Waals surface area (Å²) in [6.07, 6.45) is 6.41. The van der Waals surface area contributed by atoms with E-state index in [1.165, 1.54) is 32.1 Å². The van der Waals surface area contributed by atoms with Gasteiger partial charge in [-0.15, -0.1) is 0 Å². The summed E-state index contributed by atoms with van der Waals surface area (Å²) in [5.41, 5.74) is 6.17. The fourth-order valence-electron chi connectivity index (χ4n) is 2.18. The molecule has 3 atom stereocenters. The normalized spacial score (nSPS) is 17.8. The number of hydrogen-bond donors (Lipinski definition) is 1. The summed E-state index contributed by atoms with van der Waals surface area (Å²) in [5, 5.41) is 0. The van der Waals surface area contributed by atoms with E-state index in [0.29, 0.717) is 12.0 Å². The van der Waals surface area contributed by atoms with E-state index in [0.717, 1.165) is 11.8 Å². The van der Waals surface area contributed by atoms with E-state index in [1.807, 2.05) is 0 Å². The van der Waals surface area contributed by atoms with Crippen molar-refractivity contribution in [2.75, 3.05) is 0 Å². The Hall–Kier alpha value is -0.0400. The molecule has 0 aromatic carbocycles. The lowest BCUT2D eigenvalue weighted by Gasteiger charge is -2.24. The molecular formula is C14H31N. The molecule has 92 valence electrons. The Kier molecular flexibility index (Phi) is 8.13. The maximum atomic E-state index is 6.17. The summed E-state index contributed by atoms with van der Waals surface area (Å²) in [6, 6.07) is 0.410. The molecule has 0 heterocycles. The third-order valence-electron chi connectivity index (χ3n) is 3.85. The summed E-state index contributed by atoms with van der Waals surface area (Å²) in [6.45, 7) is 11.5. The van der Waals surface area contributed by atoms with Crippen LogP contribution in [0.3, 0.4) is 0 Å². The number of nitrogens with two attached hydrogens (primary N) is 1. The first-order valence-corrected chi connectivity index (χ1v) is 6.78. The lowest BCUT2D eigenvalue weighted by Crippen LogP contribution is -2.28. The van der Waals surface area contributed by atoms with Crippen LogP contribution in [0, 0.1) is 17.8 Å². The Bertz CT molecular complexity index is 142. The highest BCUT2D eigenvalue weighted by atomic mass is 14.6. The third kappa shape index (κ3) is 6.19. The molecule has 0 amide bonds. The van der Waals surface area contributed by atoms with Crippen LogP contribution >= 0.6 is 0 Å². The first-order chi connectivity index (χ1) is 7.02. The summed E-state index contributed by atoms with van der Waals surface area (Å²) in [7, 11) is 0. The number of rotatable bonds is 8. The Morgan fingerprint density at radius 3 is 1.93 bits per heavy atom. The van der Waals surface area contributed by atoms with E-state index < -0.39 is 0 Å². The largest absolute Gasteiger partial charge is 0.327 e.